The van der Waals surface area contributed by atoms with Crippen molar-refractivity contribution in [3.05, 3.63) is 112 Å². The van der Waals surface area contributed by atoms with Gasteiger partial charge in [0.2, 0.25) is 13.3 Å². The lowest BCUT2D eigenvalue weighted by atomic mass is 10.1. The molecule has 5 aromatic rings. The topological polar surface area (TPSA) is 123 Å². The minimum Gasteiger partial charge on any atom is -0.350 e. The van der Waals surface area contributed by atoms with Gasteiger partial charge >= 0.3 is 7.60 Å². The summed E-state index contributed by atoms with van der Waals surface area (Å²) in [6, 6.07) is 16.2. The van der Waals surface area contributed by atoms with E-state index >= 15 is 0 Å². The van der Waals surface area contributed by atoms with Gasteiger partial charge in [0, 0.05) is 76.8 Å². The van der Waals surface area contributed by atoms with Crippen LogP contribution in [0.4, 0.5) is 4.39 Å². The van der Waals surface area contributed by atoms with E-state index in [2.05, 4.69) is 5.32 Å². The molecule has 14 heteroatoms. The first-order chi connectivity index (χ1) is 21.6. The fraction of sp³-hybridized carbons (Fsp3) is 0.219. The monoisotopic (exact) mass is 707 g/mol. The molecule has 0 saturated heterocycles. The summed E-state index contributed by atoms with van der Waals surface area (Å²) >= 11 is 12.0. The largest absolute Gasteiger partial charge is 0.350 e. The molecule has 2 atom stereocenters. The lowest BCUT2D eigenvalue weighted by Gasteiger charge is -2.16. The van der Waals surface area contributed by atoms with Gasteiger partial charge in [0.15, 0.2) is 5.66 Å². The number of nitrogens with zero attached hydrogens (tertiary/aromatic N) is 2. The number of hydrogen-bond acceptors (Lipinski definition) is 4. The van der Waals surface area contributed by atoms with Gasteiger partial charge in [-0.05, 0) is 72.7 Å². The van der Waals surface area contributed by atoms with Crippen LogP contribution in [0, 0.1) is 5.82 Å². The van der Waals surface area contributed by atoms with E-state index in [1.165, 1.54) is 42.7 Å². The molecule has 0 aliphatic heterocycles. The number of benzene rings is 3. The van der Waals surface area contributed by atoms with Crippen LogP contribution in [0.25, 0.3) is 27.9 Å². The predicted molar refractivity (Wildman–Crippen MR) is 183 cm³/mol. The van der Waals surface area contributed by atoms with Gasteiger partial charge in [-0.25, -0.2) is 4.39 Å². The number of rotatable bonds is 9. The third-order valence-electron chi connectivity index (χ3n) is 7.13. The Kier molecular flexibility index (Phi) is 11.4. The molecule has 5 rings (SSSR count). The Morgan fingerprint density at radius 3 is 2.11 bits per heavy atom. The highest BCUT2D eigenvalue weighted by atomic mass is 35.5. The summed E-state index contributed by atoms with van der Waals surface area (Å²) < 4.78 is 46.3. The zero-order valence-electron chi connectivity index (χ0n) is 25.5. The highest BCUT2D eigenvalue weighted by molar-refractivity contribution is 7.57. The normalized spacial score (nSPS) is 13.8. The molecule has 3 N–H and O–H groups in total. The lowest BCUT2D eigenvalue weighted by Crippen LogP contribution is -2.25. The molecule has 0 aliphatic rings. The summed E-state index contributed by atoms with van der Waals surface area (Å²) in [6.07, 6.45) is 6.70. The summed E-state index contributed by atoms with van der Waals surface area (Å²) in [5.74, 6) is -1.25. The number of hydrogen-bond donors (Lipinski definition) is 3. The number of aryl methyl sites for hydroxylation is 2. The van der Waals surface area contributed by atoms with E-state index in [0.717, 1.165) is 16.5 Å². The molecule has 46 heavy (non-hydrogen) atoms. The molecule has 244 valence electrons. The molecular formula is C32H34Cl2FN3O6P2. The van der Waals surface area contributed by atoms with Gasteiger partial charge in [0.05, 0.1) is 12.8 Å². The van der Waals surface area contributed by atoms with Crippen LogP contribution in [0.2, 0.25) is 10.0 Å². The molecule has 0 bridgehead atoms. The van der Waals surface area contributed by atoms with Crippen LogP contribution in [-0.2, 0) is 38.7 Å². The van der Waals surface area contributed by atoms with Crippen molar-refractivity contribution >= 4 is 72.0 Å². The van der Waals surface area contributed by atoms with Crippen molar-refractivity contribution in [3.63, 3.8) is 0 Å². The molecule has 0 spiro atoms. The number of carbonyl (C=O) groups excluding carboxylic acids is 1. The molecule has 1 amide bonds. The number of aromatic nitrogens is 2. The standard InChI is InChI=1S/C19H17ClFN2O4P.C13H17ClNO2P/c1-23-11-16(15-10-13(20)4-7-17(15)23)18(28(25,26)27)19(24)22-9-8-12-2-5-14(21)6-3-12;1-4-17-18(3,16)9-10-8-15(2)13-6-5-11(14)7-12(10)13/h2-11,18H,1H3,(H,22,24)(H2,25,26,27);5-8H,4,9H2,1-3H3/b9-8+;. The summed E-state index contributed by atoms with van der Waals surface area (Å²) in [5, 5.41) is 5.01. The first-order valence-electron chi connectivity index (χ1n) is 14.1. The number of halogens is 3. The van der Waals surface area contributed by atoms with Crippen molar-refractivity contribution in [2.45, 2.75) is 18.7 Å². The molecular weight excluding hydrogens is 674 g/mol. The summed E-state index contributed by atoms with van der Waals surface area (Å²) in [6.45, 7) is 4.01. The van der Waals surface area contributed by atoms with Crippen molar-refractivity contribution in [1.29, 1.82) is 0 Å². The minimum atomic E-state index is -4.83. The van der Waals surface area contributed by atoms with Crippen LogP contribution in [0.3, 0.4) is 0 Å². The fourth-order valence-electron chi connectivity index (χ4n) is 5.16. The van der Waals surface area contributed by atoms with Gasteiger partial charge in [0.1, 0.15) is 5.82 Å². The smallest absolute Gasteiger partial charge is 0.342 e. The van der Waals surface area contributed by atoms with E-state index < -0.39 is 32.3 Å². The highest BCUT2D eigenvalue weighted by Crippen LogP contribution is 2.53. The molecule has 0 saturated carbocycles. The second-order valence-corrected chi connectivity index (χ2v) is 15.9. The Morgan fingerprint density at radius 1 is 0.957 bits per heavy atom. The van der Waals surface area contributed by atoms with Crippen LogP contribution in [0.1, 0.15) is 29.3 Å². The van der Waals surface area contributed by atoms with Crippen molar-refractivity contribution in [3.8, 4) is 0 Å². The van der Waals surface area contributed by atoms with Crippen LogP contribution in [0.15, 0.2) is 79.3 Å². The SMILES string of the molecule is CCOP(C)(=O)Cc1cn(C)c2ccc(Cl)cc12.Cn1cc(C(C(=O)N/C=C/c2ccc(F)cc2)P(=O)(O)O)c2cc(Cl)ccc21. The van der Waals surface area contributed by atoms with Crippen molar-refractivity contribution in [2.24, 2.45) is 14.1 Å². The fourth-order valence-corrected chi connectivity index (χ4v) is 7.96. The maximum Gasteiger partial charge on any atom is 0.342 e. The van der Waals surface area contributed by atoms with Gasteiger partial charge in [-0.2, -0.15) is 0 Å². The Balaban J connectivity index is 0.000000230. The third-order valence-corrected chi connectivity index (χ3v) is 10.5. The first kappa shape index (κ1) is 35.7. The number of nitrogens with one attached hydrogen (secondary N) is 1. The zero-order valence-corrected chi connectivity index (χ0v) is 28.8. The molecule has 2 unspecified atom stereocenters. The summed E-state index contributed by atoms with van der Waals surface area (Å²) in [4.78, 5) is 32.3. The third kappa shape index (κ3) is 8.78. The van der Waals surface area contributed by atoms with Gasteiger partial charge in [-0.1, -0.05) is 35.3 Å². The molecule has 9 nitrogen and oxygen atoms in total. The zero-order chi connectivity index (χ0) is 33.8. The van der Waals surface area contributed by atoms with Crippen molar-refractivity contribution < 1.29 is 32.6 Å². The molecule has 2 heterocycles. The van der Waals surface area contributed by atoms with E-state index in [4.69, 9.17) is 27.7 Å². The highest BCUT2D eigenvalue weighted by Gasteiger charge is 2.39. The quantitative estimate of drug-likeness (QED) is 0.133. The van der Waals surface area contributed by atoms with Gasteiger partial charge in [-0.15, -0.1) is 0 Å². The Hall–Kier alpha value is -3.20. The molecule has 2 aromatic heterocycles. The maximum atomic E-state index is 12.9. The van der Waals surface area contributed by atoms with Crippen LogP contribution < -0.4 is 5.32 Å². The average molecular weight is 708 g/mol. The summed E-state index contributed by atoms with van der Waals surface area (Å²) in [7, 11) is -3.72. The number of carbonyl (C=O) groups is 1. The van der Waals surface area contributed by atoms with E-state index in [1.807, 2.05) is 42.9 Å². The maximum absolute atomic E-state index is 12.9. The van der Waals surface area contributed by atoms with Crippen LogP contribution in [-0.4, -0.2) is 38.1 Å². The second kappa shape index (κ2) is 14.7. The van der Waals surface area contributed by atoms with E-state index in [9.17, 15) is 28.1 Å². The predicted octanol–water partition coefficient (Wildman–Crippen LogP) is 8.25. The lowest BCUT2D eigenvalue weighted by molar-refractivity contribution is -0.120. The Morgan fingerprint density at radius 2 is 1.52 bits per heavy atom. The Labute approximate surface area is 276 Å². The van der Waals surface area contributed by atoms with Crippen LogP contribution in [0.5, 0.6) is 0 Å². The van der Waals surface area contributed by atoms with E-state index in [0.29, 0.717) is 39.3 Å². The summed E-state index contributed by atoms with van der Waals surface area (Å²) in [5.41, 5.74) is 1.90. The second-order valence-electron chi connectivity index (χ2n) is 10.8. The molecule has 0 fully saturated rings. The number of amides is 1. The van der Waals surface area contributed by atoms with Gasteiger partial charge in [-0.3, -0.25) is 13.9 Å². The van der Waals surface area contributed by atoms with E-state index in [-0.39, 0.29) is 5.56 Å². The Bertz CT molecular complexity index is 2000. The van der Waals surface area contributed by atoms with Crippen LogP contribution >= 0.6 is 38.2 Å². The molecule has 3 aromatic carbocycles. The van der Waals surface area contributed by atoms with Crippen molar-refractivity contribution in [2.75, 3.05) is 13.3 Å². The first-order valence-corrected chi connectivity index (χ1v) is 18.8. The van der Waals surface area contributed by atoms with Gasteiger partial charge in [0.25, 0.3) is 0 Å². The molecule has 0 radical (unpaired) electrons. The average Bonchev–Trinajstić information content (AvgIpc) is 3.43. The van der Waals surface area contributed by atoms with Crippen molar-refractivity contribution in [1.82, 2.24) is 14.5 Å². The van der Waals surface area contributed by atoms with Gasteiger partial charge < -0.3 is 28.8 Å². The molecule has 0 aliphatic carbocycles. The minimum absolute atomic E-state index is 0.181. The number of fused-ring (bicyclic) bond motifs is 2. The van der Waals surface area contributed by atoms with E-state index in [1.54, 1.807) is 36.5 Å².